The number of phenols is 1. The second kappa shape index (κ2) is 11.4. The Labute approximate surface area is 184 Å². The Balaban J connectivity index is 1.46. The van der Waals surface area contributed by atoms with Crippen molar-refractivity contribution in [3.63, 3.8) is 0 Å². The lowest BCUT2D eigenvalue weighted by Gasteiger charge is -2.33. The van der Waals surface area contributed by atoms with Crippen molar-refractivity contribution < 1.29 is 9.90 Å². The first-order valence-electron chi connectivity index (χ1n) is 10.9. The van der Waals surface area contributed by atoms with Gasteiger partial charge in [0, 0.05) is 37.9 Å². The fourth-order valence-electron chi connectivity index (χ4n) is 3.67. The molecule has 0 radical (unpaired) electrons. The van der Waals surface area contributed by atoms with E-state index in [2.05, 4.69) is 57.0 Å². The van der Waals surface area contributed by atoms with E-state index in [4.69, 9.17) is 0 Å². The first kappa shape index (κ1) is 22.6. The molecule has 0 aromatic heterocycles. The number of amides is 1. The van der Waals surface area contributed by atoms with Crippen LogP contribution in [0.1, 0.15) is 30.9 Å². The molecule has 31 heavy (non-hydrogen) atoms. The van der Waals surface area contributed by atoms with Crippen LogP contribution in [0.2, 0.25) is 0 Å². The highest BCUT2D eigenvalue weighted by atomic mass is 16.3. The van der Waals surface area contributed by atoms with Crippen LogP contribution in [0, 0.1) is 6.92 Å². The van der Waals surface area contributed by atoms with Crippen molar-refractivity contribution in [3.05, 3.63) is 59.7 Å². The lowest BCUT2D eigenvalue weighted by molar-refractivity contribution is -0.114. The number of rotatable bonds is 7. The molecule has 0 atom stereocenters. The molecular formula is C24H33N5O2. The summed E-state index contributed by atoms with van der Waals surface area (Å²) in [4.78, 5) is 19.1. The third-order valence-electron chi connectivity index (χ3n) is 5.46. The first-order valence-corrected chi connectivity index (χ1v) is 10.9. The number of nitrogens with one attached hydrogen (secondary N) is 3. The predicted molar refractivity (Wildman–Crippen MR) is 125 cm³/mol. The molecule has 7 heteroatoms. The van der Waals surface area contributed by atoms with Crippen LogP contribution in [0.3, 0.4) is 0 Å². The molecule has 0 spiro atoms. The van der Waals surface area contributed by atoms with Gasteiger partial charge in [0.25, 0.3) is 0 Å². The van der Waals surface area contributed by atoms with Crippen LogP contribution in [0.25, 0.3) is 0 Å². The molecule has 1 aliphatic rings. The molecular weight excluding hydrogens is 390 g/mol. The van der Waals surface area contributed by atoms with Crippen molar-refractivity contribution in [2.75, 3.05) is 31.5 Å². The minimum atomic E-state index is -0.198. The summed E-state index contributed by atoms with van der Waals surface area (Å²) in [6, 6.07) is 15.3. The maximum Gasteiger partial charge on any atom is 0.246 e. The summed E-state index contributed by atoms with van der Waals surface area (Å²) < 4.78 is 0. The number of carbonyl (C=O) groups is 1. The summed E-state index contributed by atoms with van der Waals surface area (Å²) in [6.45, 7) is 8.00. The largest absolute Gasteiger partial charge is 0.508 e. The summed E-state index contributed by atoms with van der Waals surface area (Å²) in [5.41, 5.74) is 3.37. The topological polar surface area (TPSA) is 89.0 Å². The molecule has 1 heterocycles. The normalized spacial score (nSPS) is 15.5. The van der Waals surface area contributed by atoms with Crippen LogP contribution in [-0.2, 0) is 11.3 Å². The zero-order chi connectivity index (χ0) is 22.1. The maximum absolute atomic E-state index is 12.2. The van der Waals surface area contributed by atoms with Gasteiger partial charge in [0.05, 0.1) is 0 Å². The average molecular weight is 424 g/mol. The van der Waals surface area contributed by atoms with Gasteiger partial charge in [-0.3, -0.25) is 9.69 Å². The first-order chi connectivity index (χ1) is 15.0. The van der Waals surface area contributed by atoms with Crippen LogP contribution in [0.4, 0.5) is 5.69 Å². The molecule has 0 saturated carbocycles. The lowest BCUT2D eigenvalue weighted by atomic mass is 10.0. The van der Waals surface area contributed by atoms with E-state index in [1.165, 1.54) is 23.3 Å². The third kappa shape index (κ3) is 7.29. The molecule has 0 unspecified atom stereocenters. The number of nitrogens with zero attached hydrogens (tertiary/aromatic N) is 2. The molecule has 1 fully saturated rings. The number of hydrogen-bond donors (Lipinski definition) is 4. The minimum absolute atomic E-state index is 0.0301. The fourth-order valence-corrected chi connectivity index (χ4v) is 3.67. The molecule has 7 nitrogen and oxygen atoms in total. The smallest absolute Gasteiger partial charge is 0.246 e. The highest BCUT2D eigenvalue weighted by Gasteiger charge is 2.20. The number of guanidine groups is 1. The molecule has 2 aromatic rings. The Hall–Kier alpha value is -3.06. The SMILES string of the molecule is CCNC(=NCC(=O)Nc1ccc(O)cc1)NC1CCN(Cc2ccccc2C)CC1. The number of benzene rings is 2. The van der Waals surface area contributed by atoms with Gasteiger partial charge in [0.15, 0.2) is 5.96 Å². The van der Waals surface area contributed by atoms with Gasteiger partial charge in [-0.25, -0.2) is 4.99 Å². The van der Waals surface area contributed by atoms with Crippen LogP contribution in [0.15, 0.2) is 53.5 Å². The van der Waals surface area contributed by atoms with Crippen LogP contribution < -0.4 is 16.0 Å². The monoisotopic (exact) mass is 423 g/mol. The summed E-state index contributed by atoms with van der Waals surface area (Å²) in [7, 11) is 0. The molecule has 2 aromatic carbocycles. The predicted octanol–water partition coefficient (Wildman–Crippen LogP) is 2.86. The van der Waals surface area contributed by atoms with Gasteiger partial charge in [-0.2, -0.15) is 0 Å². The van der Waals surface area contributed by atoms with Gasteiger partial charge in [0.2, 0.25) is 5.91 Å². The Morgan fingerprint density at radius 3 is 2.52 bits per heavy atom. The highest BCUT2D eigenvalue weighted by molar-refractivity contribution is 5.94. The highest BCUT2D eigenvalue weighted by Crippen LogP contribution is 2.16. The summed E-state index contributed by atoms with van der Waals surface area (Å²) in [5.74, 6) is 0.635. The number of phenolic OH excluding ortho intramolecular Hbond substituents is 1. The van der Waals surface area contributed by atoms with Crippen molar-refractivity contribution in [3.8, 4) is 5.75 Å². The van der Waals surface area contributed by atoms with Crippen LogP contribution in [0.5, 0.6) is 5.75 Å². The quantitative estimate of drug-likeness (QED) is 0.312. The molecule has 4 N–H and O–H groups in total. The molecule has 166 valence electrons. The number of aliphatic imine (C=N–C) groups is 1. The van der Waals surface area contributed by atoms with Gasteiger partial charge < -0.3 is 21.1 Å². The zero-order valence-corrected chi connectivity index (χ0v) is 18.4. The molecule has 1 saturated heterocycles. The number of aryl methyl sites for hydroxylation is 1. The van der Waals surface area contributed by atoms with Gasteiger partial charge in [-0.05, 0) is 62.1 Å². The minimum Gasteiger partial charge on any atom is -0.508 e. The van der Waals surface area contributed by atoms with E-state index >= 15 is 0 Å². The molecule has 1 amide bonds. The van der Waals surface area contributed by atoms with E-state index in [9.17, 15) is 9.90 Å². The lowest BCUT2D eigenvalue weighted by Crippen LogP contribution is -2.48. The number of aromatic hydroxyl groups is 1. The van der Waals surface area contributed by atoms with Crippen LogP contribution in [-0.4, -0.2) is 54.1 Å². The van der Waals surface area contributed by atoms with E-state index in [0.29, 0.717) is 17.7 Å². The fraction of sp³-hybridized carbons (Fsp3) is 0.417. The Kier molecular flexibility index (Phi) is 8.29. The molecule has 3 rings (SSSR count). The summed E-state index contributed by atoms with van der Waals surface area (Å²) in [6.07, 6.45) is 2.08. The van der Waals surface area contributed by atoms with E-state index in [1.54, 1.807) is 12.1 Å². The number of piperidine rings is 1. The van der Waals surface area contributed by atoms with E-state index in [-0.39, 0.29) is 18.2 Å². The number of anilines is 1. The van der Waals surface area contributed by atoms with E-state index in [0.717, 1.165) is 39.0 Å². The molecule has 0 aliphatic carbocycles. The second-order valence-corrected chi connectivity index (χ2v) is 7.91. The van der Waals surface area contributed by atoms with Crippen molar-refractivity contribution in [2.24, 2.45) is 4.99 Å². The number of hydrogen-bond acceptors (Lipinski definition) is 4. The number of likely N-dealkylation sites (tertiary alicyclic amines) is 1. The van der Waals surface area contributed by atoms with Crippen molar-refractivity contribution in [1.29, 1.82) is 0 Å². The zero-order valence-electron chi connectivity index (χ0n) is 18.4. The number of carbonyl (C=O) groups excluding carboxylic acids is 1. The molecule has 1 aliphatic heterocycles. The molecule has 0 bridgehead atoms. The van der Waals surface area contributed by atoms with Crippen LogP contribution >= 0.6 is 0 Å². The average Bonchev–Trinajstić information content (AvgIpc) is 2.77. The van der Waals surface area contributed by atoms with E-state index < -0.39 is 0 Å². The van der Waals surface area contributed by atoms with Gasteiger partial charge in [-0.15, -0.1) is 0 Å². The standard InChI is InChI=1S/C24H33N5O2/c1-3-25-24(26-16-23(31)27-20-8-10-22(30)11-9-20)28-21-12-14-29(15-13-21)17-19-7-5-4-6-18(19)2/h4-11,21,30H,3,12-17H2,1-2H3,(H,27,31)(H2,25,26,28). The van der Waals surface area contributed by atoms with E-state index in [1.807, 2.05) is 6.92 Å². The van der Waals surface area contributed by atoms with Gasteiger partial charge in [-0.1, -0.05) is 24.3 Å². The maximum atomic E-state index is 12.2. The summed E-state index contributed by atoms with van der Waals surface area (Å²) in [5, 5.41) is 18.8. The van der Waals surface area contributed by atoms with Crippen molar-refractivity contribution in [1.82, 2.24) is 15.5 Å². The summed E-state index contributed by atoms with van der Waals surface area (Å²) >= 11 is 0. The Morgan fingerprint density at radius 1 is 1.13 bits per heavy atom. The second-order valence-electron chi connectivity index (χ2n) is 7.91. The third-order valence-corrected chi connectivity index (χ3v) is 5.46. The van der Waals surface area contributed by atoms with Crippen molar-refractivity contribution in [2.45, 2.75) is 39.3 Å². The van der Waals surface area contributed by atoms with Gasteiger partial charge in [0.1, 0.15) is 12.3 Å². The Bertz CT molecular complexity index is 874. The Morgan fingerprint density at radius 2 is 1.84 bits per heavy atom. The van der Waals surface area contributed by atoms with Gasteiger partial charge >= 0.3 is 0 Å². The van der Waals surface area contributed by atoms with Crippen molar-refractivity contribution >= 4 is 17.6 Å².